The zero-order valence-corrected chi connectivity index (χ0v) is 17.8. The lowest BCUT2D eigenvalue weighted by Crippen LogP contribution is -2.27. The molecule has 3 aromatic rings. The summed E-state index contributed by atoms with van der Waals surface area (Å²) < 4.78 is 21.3. The van der Waals surface area contributed by atoms with Gasteiger partial charge in [0.2, 0.25) is 11.8 Å². The van der Waals surface area contributed by atoms with Gasteiger partial charge in [0.05, 0.1) is 27.1 Å². The first kappa shape index (κ1) is 21.5. The predicted molar refractivity (Wildman–Crippen MR) is 113 cm³/mol. The third-order valence-corrected chi connectivity index (χ3v) is 5.05. The third kappa shape index (κ3) is 5.66. The van der Waals surface area contributed by atoms with Crippen LogP contribution in [0.1, 0.15) is 5.56 Å². The number of hydrogen-bond acceptors (Lipinski definition) is 8. The van der Waals surface area contributed by atoms with Gasteiger partial charge in [-0.15, -0.1) is 10.2 Å². The van der Waals surface area contributed by atoms with Crippen molar-refractivity contribution in [3.8, 4) is 28.7 Å². The molecule has 0 spiro atoms. The molecule has 0 aliphatic heterocycles. The van der Waals surface area contributed by atoms with Crippen molar-refractivity contribution >= 4 is 17.7 Å². The number of nitrogens with zero attached hydrogens (tertiary/aromatic N) is 2. The second-order valence-electron chi connectivity index (χ2n) is 6.18. The van der Waals surface area contributed by atoms with Crippen LogP contribution in [0.3, 0.4) is 0 Å². The second kappa shape index (κ2) is 10.5. The van der Waals surface area contributed by atoms with E-state index in [9.17, 15) is 4.79 Å². The number of ether oxygens (including phenoxy) is 3. The highest BCUT2D eigenvalue weighted by Crippen LogP contribution is 2.28. The fraction of sp³-hybridized carbons (Fsp3) is 0.286. The summed E-state index contributed by atoms with van der Waals surface area (Å²) in [4.78, 5) is 12.1. The number of carbonyl (C=O) groups excluding carboxylic acids is 1. The Balaban J connectivity index is 1.45. The van der Waals surface area contributed by atoms with Crippen LogP contribution in [0.4, 0.5) is 0 Å². The SMILES string of the molecule is COc1cccc(-c2nnc(SCC(=O)NCCc3ccc(OC)c(OC)c3)o2)c1. The van der Waals surface area contributed by atoms with Gasteiger partial charge in [-0.2, -0.15) is 0 Å². The molecule has 1 aromatic heterocycles. The predicted octanol–water partition coefficient (Wildman–Crippen LogP) is 3.21. The van der Waals surface area contributed by atoms with Gasteiger partial charge in [-0.3, -0.25) is 4.79 Å². The van der Waals surface area contributed by atoms with Crippen molar-refractivity contribution in [2.75, 3.05) is 33.6 Å². The van der Waals surface area contributed by atoms with Crippen molar-refractivity contribution < 1.29 is 23.4 Å². The van der Waals surface area contributed by atoms with Gasteiger partial charge in [0.1, 0.15) is 5.75 Å². The number of thioether (sulfide) groups is 1. The molecular formula is C21H23N3O5S. The van der Waals surface area contributed by atoms with Crippen molar-refractivity contribution in [1.29, 1.82) is 0 Å². The highest BCUT2D eigenvalue weighted by Gasteiger charge is 2.12. The van der Waals surface area contributed by atoms with Crippen LogP contribution in [0.15, 0.2) is 52.1 Å². The van der Waals surface area contributed by atoms with Crippen molar-refractivity contribution in [3.63, 3.8) is 0 Å². The molecule has 0 saturated heterocycles. The van der Waals surface area contributed by atoms with Gasteiger partial charge >= 0.3 is 0 Å². The van der Waals surface area contributed by atoms with E-state index in [-0.39, 0.29) is 11.7 Å². The summed E-state index contributed by atoms with van der Waals surface area (Å²) in [5.74, 6) is 2.50. The van der Waals surface area contributed by atoms with E-state index in [1.165, 1.54) is 11.8 Å². The Hall–Kier alpha value is -3.20. The molecule has 0 unspecified atom stereocenters. The lowest BCUT2D eigenvalue weighted by atomic mass is 10.1. The third-order valence-electron chi connectivity index (χ3n) is 4.23. The van der Waals surface area contributed by atoms with E-state index in [1.54, 1.807) is 21.3 Å². The van der Waals surface area contributed by atoms with Gasteiger partial charge in [-0.25, -0.2) is 0 Å². The lowest BCUT2D eigenvalue weighted by Gasteiger charge is -2.10. The maximum Gasteiger partial charge on any atom is 0.277 e. The lowest BCUT2D eigenvalue weighted by molar-refractivity contribution is -0.118. The molecule has 1 heterocycles. The van der Waals surface area contributed by atoms with Gasteiger partial charge in [-0.05, 0) is 42.3 Å². The molecule has 158 valence electrons. The molecule has 30 heavy (non-hydrogen) atoms. The summed E-state index contributed by atoms with van der Waals surface area (Å²) in [7, 11) is 4.79. The van der Waals surface area contributed by atoms with Gasteiger partial charge in [0.25, 0.3) is 5.22 Å². The minimum atomic E-state index is -0.110. The smallest absolute Gasteiger partial charge is 0.277 e. The Labute approximate surface area is 178 Å². The van der Waals surface area contributed by atoms with Crippen molar-refractivity contribution in [2.24, 2.45) is 0 Å². The molecule has 0 bridgehead atoms. The van der Waals surface area contributed by atoms with Crippen LogP contribution in [-0.4, -0.2) is 49.7 Å². The zero-order valence-electron chi connectivity index (χ0n) is 17.0. The summed E-state index contributed by atoms with van der Waals surface area (Å²) in [6, 6.07) is 13.0. The van der Waals surface area contributed by atoms with Crippen molar-refractivity contribution in [3.05, 3.63) is 48.0 Å². The van der Waals surface area contributed by atoms with Crippen LogP contribution in [0.25, 0.3) is 11.5 Å². The minimum absolute atomic E-state index is 0.110. The zero-order chi connectivity index (χ0) is 21.3. The fourth-order valence-electron chi connectivity index (χ4n) is 2.70. The maximum absolute atomic E-state index is 12.1. The molecule has 1 N–H and O–H groups in total. The fourth-order valence-corrected chi connectivity index (χ4v) is 3.29. The van der Waals surface area contributed by atoms with E-state index in [2.05, 4.69) is 15.5 Å². The molecule has 0 radical (unpaired) electrons. The topological polar surface area (TPSA) is 95.7 Å². The average Bonchev–Trinajstić information content (AvgIpc) is 3.26. The Morgan fingerprint density at radius 3 is 2.63 bits per heavy atom. The molecule has 0 fully saturated rings. The second-order valence-corrected chi connectivity index (χ2v) is 7.11. The van der Waals surface area contributed by atoms with Gasteiger partial charge in [0.15, 0.2) is 11.5 Å². The molecular weight excluding hydrogens is 406 g/mol. The number of benzene rings is 2. The highest BCUT2D eigenvalue weighted by molar-refractivity contribution is 7.99. The van der Waals surface area contributed by atoms with Gasteiger partial charge < -0.3 is 23.9 Å². The largest absolute Gasteiger partial charge is 0.497 e. The number of aromatic nitrogens is 2. The van der Waals surface area contributed by atoms with Crippen LogP contribution in [0.2, 0.25) is 0 Å². The van der Waals surface area contributed by atoms with Crippen molar-refractivity contribution in [1.82, 2.24) is 15.5 Å². The number of carbonyl (C=O) groups is 1. The van der Waals surface area contributed by atoms with E-state index >= 15 is 0 Å². The number of rotatable bonds is 10. The molecule has 0 aliphatic carbocycles. The molecule has 0 atom stereocenters. The highest BCUT2D eigenvalue weighted by atomic mass is 32.2. The summed E-state index contributed by atoms with van der Waals surface area (Å²) in [6.45, 7) is 0.508. The molecule has 0 saturated carbocycles. The van der Waals surface area contributed by atoms with Crippen LogP contribution >= 0.6 is 11.8 Å². The summed E-state index contributed by atoms with van der Waals surface area (Å²) >= 11 is 1.19. The summed E-state index contributed by atoms with van der Waals surface area (Å²) in [5.41, 5.74) is 1.80. The van der Waals surface area contributed by atoms with E-state index in [0.29, 0.717) is 41.3 Å². The minimum Gasteiger partial charge on any atom is -0.497 e. The molecule has 1 amide bonds. The molecule has 2 aromatic carbocycles. The van der Waals surface area contributed by atoms with Crippen LogP contribution in [0.5, 0.6) is 17.2 Å². The van der Waals surface area contributed by atoms with E-state index in [0.717, 1.165) is 11.1 Å². The van der Waals surface area contributed by atoms with E-state index in [4.69, 9.17) is 18.6 Å². The van der Waals surface area contributed by atoms with Crippen LogP contribution in [0, 0.1) is 0 Å². The first-order valence-electron chi connectivity index (χ1n) is 9.21. The first-order valence-corrected chi connectivity index (χ1v) is 10.2. The standard InChI is InChI=1S/C21H23N3O5S/c1-26-16-6-4-5-15(12-16)20-23-24-21(29-20)30-13-19(25)22-10-9-14-7-8-17(27-2)18(11-14)28-3/h4-8,11-12H,9-10,13H2,1-3H3,(H,22,25). The monoisotopic (exact) mass is 429 g/mol. The summed E-state index contributed by atoms with van der Waals surface area (Å²) in [6.07, 6.45) is 0.678. The number of nitrogens with one attached hydrogen (secondary N) is 1. The number of methoxy groups -OCH3 is 3. The first-order chi connectivity index (χ1) is 14.6. The van der Waals surface area contributed by atoms with E-state index < -0.39 is 0 Å². The number of hydrogen-bond donors (Lipinski definition) is 1. The van der Waals surface area contributed by atoms with E-state index in [1.807, 2.05) is 42.5 Å². The van der Waals surface area contributed by atoms with Gasteiger partial charge in [0, 0.05) is 12.1 Å². The maximum atomic E-state index is 12.1. The molecule has 0 aliphatic rings. The molecule has 3 rings (SSSR count). The summed E-state index contributed by atoms with van der Waals surface area (Å²) in [5, 5.41) is 11.2. The number of amides is 1. The Bertz CT molecular complexity index is 992. The normalized spacial score (nSPS) is 10.5. The molecule has 9 heteroatoms. The average molecular weight is 429 g/mol. The Morgan fingerprint density at radius 1 is 1.03 bits per heavy atom. The van der Waals surface area contributed by atoms with Crippen molar-refractivity contribution in [2.45, 2.75) is 11.6 Å². The Kier molecular flexibility index (Phi) is 7.56. The van der Waals surface area contributed by atoms with Gasteiger partial charge in [-0.1, -0.05) is 23.9 Å². The molecule has 8 nitrogen and oxygen atoms in total. The van der Waals surface area contributed by atoms with Crippen LogP contribution in [-0.2, 0) is 11.2 Å². The van der Waals surface area contributed by atoms with Crippen LogP contribution < -0.4 is 19.5 Å². The Morgan fingerprint density at radius 2 is 1.87 bits per heavy atom. The quantitative estimate of drug-likeness (QED) is 0.491.